The fourth-order valence-corrected chi connectivity index (χ4v) is 4.12. The first kappa shape index (κ1) is 18.2. The zero-order chi connectivity index (χ0) is 17.2. The van der Waals surface area contributed by atoms with Crippen LogP contribution in [0.4, 0.5) is 0 Å². The van der Waals surface area contributed by atoms with Gasteiger partial charge in [0.25, 0.3) is 0 Å². The van der Waals surface area contributed by atoms with E-state index in [4.69, 9.17) is 4.74 Å². The molecule has 0 aromatic heterocycles. The first-order valence-corrected chi connectivity index (χ1v) is 8.91. The second-order valence-corrected chi connectivity index (χ2v) is 8.12. The fourth-order valence-electron chi connectivity index (χ4n) is 4.12. The van der Waals surface area contributed by atoms with Crippen molar-refractivity contribution < 1.29 is 14.3 Å². The summed E-state index contributed by atoms with van der Waals surface area (Å²) < 4.78 is 4.87. The summed E-state index contributed by atoms with van der Waals surface area (Å²) in [6.07, 6.45) is 5.40. The Balaban J connectivity index is 2.00. The number of fused-ring (bicyclic) bond motifs is 2. The number of piperidine rings is 1. The van der Waals surface area contributed by atoms with E-state index >= 15 is 0 Å². The quantitative estimate of drug-likeness (QED) is 0.789. The number of nitrogens with one attached hydrogen (secondary N) is 1. The number of hydrogen-bond acceptors (Lipinski definition) is 4. The minimum Gasteiger partial charge on any atom is -0.467 e. The molecule has 2 aliphatic heterocycles. The van der Waals surface area contributed by atoms with Crippen LogP contribution in [0, 0.1) is 11.3 Å². The van der Waals surface area contributed by atoms with Gasteiger partial charge in [-0.25, -0.2) is 4.79 Å². The Kier molecular flexibility index (Phi) is 5.71. The number of hydrogen-bond donors (Lipinski definition) is 1. The average Bonchev–Trinajstić information content (AvgIpc) is 2.72. The number of carbonyl (C=O) groups excluding carboxylic acids is 2. The van der Waals surface area contributed by atoms with Gasteiger partial charge in [0, 0.05) is 18.0 Å². The van der Waals surface area contributed by atoms with E-state index in [1.165, 1.54) is 20.0 Å². The molecule has 2 aliphatic rings. The van der Waals surface area contributed by atoms with Crippen LogP contribution >= 0.6 is 0 Å². The maximum absolute atomic E-state index is 12.7. The van der Waals surface area contributed by atoms with Gasteiger partial charge < -0.3 is 10.1 Å². The number of rotatable bonds is 5. The van der Waals surface area contributed by atoms with Crippen molar-refractivity contribution in [2.45, 2.75) is 77.9 Å². The number of carbonyl (C=O) groups is 2. The van der Waals surface area contributed by atoms with E-state index in [2.05, 4.69) is 17.1 Å². The van der Waals surface area contributed by atoms with Crippen molar-refractivity contribution >= 4 is 11.9 Å². The monoisotopic (exact) mass is 324 g/mol. The molecule has 23 heavy (non-hydrogen) atoms. The number of amides is 1. The van der Waals surface area contributed by atoms with Crippen LogP contribution in [0.5, 0.6) is 0 Å². The van der Waals surface area contributed by atoms with Crippen molar-refractivity contribution in [3.8, 4) is 0 Å². The molecule has 0 unspecified atom stereocenters. The van der Waals surface area contributed by atoms with Gasteiger partial charge in [0.15, 0.2) is 0 Å². The number of nitrogens with zero attached hydrogens (tertiary/aromatic N) is 1. The van der Waals surface area contributed by atoms with Gasteiger partial charge in [0.2, 0.25) is 5.91 Å². The second-order valence-electron chi connectivity index (χ2n) is 8.12. The lowest BCUT2D eigenvalue weighted by atomic mass is 9.85. The molecule has 0 aliphatic carbocycles. The first-order chi connectivity index (χ1) is 10.8. The molecule has 2 bridgehead atoms. The molecule has 5 nitrogen and oxygen atoms in total. The van der Waals surface area contributed by atoms with Crippen molar-refractivity contribution in [3.63, 3.8) is 0 Å². The summed E-state index contributed by atoms with van der Waals surface area (Å²) in [5.41, 5.74) is -0.356. The third kappa shape index (κ3) is 4.06. The Bertz CT molecular complexity index is 430. The molecule has 0 spiro atoms. The van der Waals surface area contributed by atoms with E-state index in [0.29, 0.717) is 12.1 Å². The van der Waals surface area contributed by atoms with Gasteiger partial charge >= 0.3 is 5.97 Å². The topological polar surface area (TPSA) is 58.6 Å². The molecule has 0 radical (unpaired) electrons. The van der Waals surface area contributed by atoms with Gasteiger partial charge in [-0.05, 0) is 44.1 Å². The average molecular weight is 324 g/mol. The zero-order valence-corrected chi connectivity index (χ0v) is 15.2. The normalized spacial score (nSPS) is 29.2. The highest BCUT2D eigenvalue weighted by atomic mass is 16.5. The molecule has 5 heteroatoms. The highest BCUT2D eigenvalue weighted by Crippen LogP contribution is 2.39. The van der Waals surface area contributed by atoms with Crippen LogP contribution in [-0.4, -0.2) is 48.6 Å². The fraction of sp³-hybridized carbons (Fsp3) is 0.889. The highest BCUT2D eigenvalue weighted by molar-refractivity contribution is 5.86. The van der Waals surface area contributed by atoms with Crippen LogP contribution in [0.2, 0.25) is 0 Å². The summed E-state index contributed by atoms with van der Waals surface area (Å²) in [6, 6.07) is 0.484. The molecule has 2 saturated heterocycles. The first-order valence-electron chi connectivity index (χ1n) is 8.91. The van der Waals surface area contributed by atoms with Crippen LogP contribution in [0.1, 0.15) is 59.8 Å². The van der Waals surface area contributed by atoms with E-state index in [9.17, 15) is 9.59 Å². The van der Waals surface area contributed by atoms with E-state index in [1.807, 2.05) is 20.8 Å². The SMILES string of the molecule is CCCN1[C@H]2CC[C@H]1CC(C(=O)N[C@H](C(=O)OC)C(C)(C)C)C2. The third-order valence-electron chi connectivity index (χ3n) is 5.33. The van der Waals surface area contributed by atoms with Crippen LogP contribution in [0.15, 0.2) is 0 Å². The molecule has 2 rings (SSSR count). The molecule has 0 saturated carbocycles. The van der Waals surface area contributed by atoms with E-state index in [-0.39, 0.29) is 23.2 Å². The molecule has 2 heterocycles. The number of methoxy groups -OCH3 is 1. The standard InChI is InChI=1S/C18H32N2O3/c1-6-9-20-13-7-8-14(20)11-12(10-13)16(21)19-15(17(22)23-5)18(2,3)4/h12-15H,6-11H2,1-5H3,(H,19,21)/t13-,14-,15+/m0/s1. The van der Waals surface area contributed by atoms with Gasteiger partial charge in [0.1, 0.15) is 6.04 Å². The van der Waals surface area contributed by atoms with Crippen LogP contribution in [-0.2, 0) is 14.3 Å². The summed E-state index contributed by atoms with van der Waals surface area (Å²) >= 11 is 0. The van der Waals surface area contributed by atoms with Gasteiger partial charge in [0.05, 0.1) is 7.11 Å². The van der Waals surface area contributed by atoms with Crippen molar-refractivity contribution in [1.82, 2.24) is 10.2 Å². The highest BCUT2D eigenvalue weighted by Gasteiger charge is 2.43. The molecule has 1 amide bonds. The molecule has 3 atom stereocenters. The number of esters is 1. The molecular formula is C18H32N2O3. The van der Waals surface area contributed by atoms with Crippen molar-refractivity contribution in [2.75, 3.05) is 13.7 Å². The predicted octanol–water partition coefficient (Wildman–Crippen LogP) is 2.34. The molecular weight excluding hydrogens is 292 g/mol. The minimum atomic E-state index is -0.591. The van der Waals surface area contributed by atoms with Crippen LogP contribution in [0.3, 0.4) is 0 Å². The van der Waals surface area contributed by atoms with E-state index in [1.54, 1.807) is 0 Å². The Hall–Kier alpha value is -1.10. The summed E-state index contributed by atoms with van der Waals surface area (Å²) in [4.78, 5) is 27.3. The lowest BCUT2D eigenvalue weighted by Gasteiger charge is -2.39. The summed E-state index contributed by atoms with van der Waals surface area (Å²) in [5.74, 6) is -0.323. The van der Waals surface area contributed by atoms with Crippen LogP contribution < -0.4 is 5.32 Å². The smallest absolute Gasteiger partial charge is 0.328 e. The Labute approximate surface area is 140 Å². The van der Waals surface area contributed by atoms with Crippen molar-refractivity contribution in [3.05, 3.63) is 0 Å². The summed E-state index contributed by atoms with van der Waals surface area (Å²) in [7, 11) is 1.37. The largest absolute Gasteiger partial charge is 0.467 e. The zero-order valence-electron chi connectivity index (χ0n) is 15.2. The maximum Gasteiger partial charge on any atom is 0.328 e. The summed E-state index contributed by atoms with van der Waals surface area (Å²) in [6.45, 7) is 9.19. The Morgan fingerprint density at radius 3 is 2.22 bits per heavy atom. The predicted molar refractivity (Wildman–Crippen MR) is 89.9 cm³/mol. The van der Waals surface area contributed by atoms with Crippen LogP contribution in [0.25, 0.3) is 0 Å². The molecule has 1 N–H and O–H groups in total. The van der Waals surface area contributed by atoms with Gasteiger partial charge in [-0.2, -0.15) is 0 Å². The third-order valence-corrected chi connectivity index (χ3v) is 5.33. The Morgan fingerprint density at radius 1 is 1.22 bits per heavy atom. The second kappa shape index (κ2) is 7.20. The van der Waals surface area contributed by atoms with E-state index < -0.39 is 6.04 Å². The molecule has 2 fully saturated rings. The molecule has 132 valence electrons. The molecule has 0 aromatic carbocycles. The Morgan fingerprint density at radius 2 is 1.78 bits per heavy atom. The van der Waals surface area contributed by atoms with Crippen molar-refractivity contribution in [1.29, 1.82) is 0 Å². The summed E-state index contributed by atoms with van der Waals surface area (Å²) in [5, 5.41) is 2.96. The van der Waals surface area contributed by atoms with Gasteiger partial charge in [-0.15, -0.1) is 0 Å². The maximum atomic E-state index is 12.7. The van der Waals surface area contributed by atoms with Gasteiger partial charge in [-0.3, -0.25) is 9.69 Å². The van der Waals surface area contributed by atoms with Gasteiger partial charge in [-0.1, -0.05) is 27.7 Å². The number of ether oxygens (including phenoxy) is 1. The lowest BCUT2D eigenvalue weighted by Crippen LogP contribution is -2.53. The minimum absolute atomic E-state index is 0.0170. The lowest BCUT2D eigenvalue weighted by molar-refractivity contribution is -0.149. The van der Waals surface area contributed by atoms with E-state index in [0.717, 1.165) is 25.8 Å². The van der Waals surface area contributed by atoms with Crippen molar-refractivity contribution in [2.24, 2.45) is 11.3 Å². The molecule has 0 aromatic rings.